The van der Waals surface area contributed by atoms with Crippen molar-refractivity contribution in [2.75, 3.05) is 72.4 Å². The average Bonchev–Trinajstić information content (AvgIpc) is 3.57. The third-order valence-electron chi connectivity index (χ3n) is 12.1. The summed E-state index contributed by atoms with van der Waals surface area (Å²) in [5.74, 6) is -1.30. The summed E-state index contributed by atoms with van der Waals surface area (Å²) in [6.45, 7) is 6.53. The van der Waals surface area contributed by atoms with Crippen molar-refractivity contribution in [2.24, 2.45) is 0 Å². The minimum atomic E-state index is -4.74. The van der Waals surface area contributed by atoms with E-state index in [1.807, 2.05) is 36.4 Å². The Bertz CT molecular complexity index is 2440. The van der Waals surface area contributed by atoms with Gasteiger partial charge in [0.15, 0.2) is 0 Å². The van der Waals surface area contributed by atoms with Crippen LogP contribution in [0.25, 0.3) is 0 Å². The van der Waals surface area contributed by atoms with Crippen LogP contribution in [0.15, 0.2) is 67.0 Å². The summed E-state index contributed by atoms with van der Waals surface area (Å²) in [5, 5.41) is 8.07. The third-order valence-corrected chi connectivity index (χ3v) is 13.2. The number of alkyl halides is 3. The largest absolute Gasteiger partial charge is 0.421 e. The Morgan fingerprint density at radius 1 is 0.935 bits per heavy atom. The Morgan fingerprint density at radius 3 is 2.37 bits per heavy atom. The predicted octanol–water partition coefficient (Wildman–Crippen LogP) is 4.19. The molecule has 4 aliphatic rings. The van der Waals surface area contributed by atoms with Gasteiger partial charge in [-0.1, -0.05) is 18.2 Å². The monoisotopic (exact) mass is 875 g/mol. The number of imide groups is 1. The van der Waals surface area contributed by atoms with Crippen molar-refractivity contribution >= 4 is 56.7 Å². The first-order valence-electron chi connectivity index (χ1n) is 20.5. The quantitative estimate of drug-likeness (QED) is 0.173. The van der Waals surface area contributed by atoms with E-state index in [-0.39, 0.29) is 36.5 Å². The van der Waals surface area contributed by atoms with Gasteiger partial charge < -0.3 is 20.4 Å². The Balaban J connectivity index is 0.813. The number of hydrogen-bond acceptors (Lipinski definition) is 13. The molecule has 2 aromatic heterocycles. The Kier molecular flexibility index (Phi) is 12.1. The molecule has 8 rings (SSSR count). The van der Waals surface area contributed by atoms with Crippen molar-refractivity contribution in [3.05, 3.63) is 94.8 Å². The number of carbonyl (C=O) groups is 3. The normalized spacial score (nSPS) is 19.4. The molecule has 20 heteroatoms. The molecule has 0 radical (unpaired) electrons. The molecule has 0 saturated carbocycles. The summed E-state index contributed by atoms with van der Waals surface area (Å²) in [7, 11) is -2.35. The number of pyridine rings is 1. The molecule has 4 aliphatic heterocycles. The molecule has 328 valence electrons. The average molecular weight is 876 g/mol. The van der Waals surface area contributed by atoms with Crippen LogP contribution < -0.4 is 25.2 Å². The van der Waals surface area contributed by atoms with Gasteiger partial charge in [-0.05, 0) is 66.8 Å². The fraction of sp³-hybridized carbons (Fsp3) is 0.429. The molecule has 3 saturated heterocycles. The van der Waals surface area contributed by atoms with Crippen molar-refractivity contribution in [3.8, 4) is 0 Å². The molecule has 3 amide bonds. The number of piperidine rings is 2. The zero-order valence-corrected chi connectivity index (χ0v) is 35.2. The van der Waals surface area contributed by atoms with Gasteiger partial charge in [0.05, 0.1) is 6.26 Å². The molecule has 16 nitrogen and oxygen atoms in total. The second kappa shape index (κ2) is 17.5. The predicted molar refractivity (Wildman–Crippen MR) is 226 cm³/mol. The van der Waals surface area contributed by atoms with Gasteiger partial charge in [-0.15, -0.1) is 0 Å². The molecule has 0 spiro atoms. The first-order valence-corrected chi connectivity index (χ1v) is 22.4. The molecule has 2 aromatic carbocycles. The number of fused-ring (bicyclic) bond motifs is 1. The fourth-order valence-electron chi connectivity index (χ4n) is 8.62. The van der Waals surface area contributed by atoms with E-state index in [1.165, 1.54) is 13.2 Å². The number of halogens is 3. The molecule has 62 heavy (non-hydrogen) atoms. The van der Waals surface area contributed by atoms with Crippen LogP contribution in [0.2, 0.25) is 0 Å². The van der Waals surface area contributed by atoms with Crippen LogP contribution in [0.1, 0.15) is 58.3 Å². The van der Waals surface area contributed by atoms with Gasteiger partial charge in [-0.25, -0.2) is 18.4 Å². The molecule has 1 atom stereocenters. The number of rotatable bonds is 12. The lowest BCUT2D eigenvalue weighted by molar-refractivity contribution is -0.138. The van der Waals surface area contributed by atoms with E-state index >= 15 is 0 Å². The van der Waals surface area contributed by atoms with Crippen LogP contribution in [0.3, 0.4) is 0 Å². The molecule has 4 aromatic rings. The summed E-state index contributed by atoms with van der Waals surface area (Å²) >= 11 is 0. The molecule has 1 unspecified atom stereocenters. The van der Waals surface area contributed by atoms with E-state index in [2.05, 4.69) is 51.7 Å². The standard InChI is InChI=1S/C42H48F3N11O5S/c1-52(62(2,60)61)38-28(4-3-15-46-38)23-47-37-34(42(43,44)45)24-48-41(51-37)49-30-6-8-31(9-7-30)54-16-13-32(14-17-54)55-20-18-53(19-21-55)25-27-5-10-33-29(22-27)26-56(40(33)59)35-11-12-36(57)50-39(35)58/h3-10,15,22,24,32,35H,11-14,16-21,23,25-26H2,1-2H3,(H,50,57,58)(H2,47,48,49,51). The maximum Gasteiger partial charge on any atom is 0.421 e. The van der Waals surface area contributed by atoms with E-state index in [4.69, 9.17) is 0 Å². The second-order valence-corrected chi connectivity index (χ2v) is 18.1. The van der Waals surface area contributed by atoms with Crippen molar-refractivity contribution < 1.29 is 36.0 Å². The van der Waals surface area contributed by atoms with Crippen LogP contribution in [0.5, 0.6) is 0 Å². The summed E-state index contributed by atoms with van der Waals surface area (Å²) < 4.78 is 67.2. The maximum atomic E-state index is 14.0. The Labute approximate surface area is 357 Å². The number of sulfonamides is 1. The maximum absolute atomic E-state index is 14.0. The van der Waals surface area contributed by atoms with E-state index in [0.717, 1.165) is 86.0 Å². The van der Waals surface area contributed by atoms with Crippen molar-refractivity contribution in [1.29, 1.82) is 0 Å². The molecular weight excluding hydrogens is 828 g/mol. The third kappa shape index (κ3) is 9.46. The topological polar surface area (TPSA) is 176 Å². The van der Waals surface area contributed by atoms with Gasteiger partial charge in [-0.3, -0.25) is 33.8 Å². The number of nitrogens with zero attached hydrogens (tertiary/aromatic N) is 8. The van der Waals surface area contributed by atoms with Gasteiger partial charge in [0.2, 0.25) is 27.8 Å². The minimum Gasteiger partial charge on any atom is -0.371 e. The zero-order chi connectivity index (χ0) is 43.8. The number of aromatic nitrogens is 3. The van der Waals surface area contributed by atoms with Crippen LogP contribution in [0.4, 0.5) is 42.1 Å². The molecule has 3 N–H and O–H groups in total. The van der Waals surface area contributed by atoms with Crippen LogP contribution in [-0.4, -0.2) is 120 Å². The summed E-state index contributed by atoms with van der Waals surface area (Å²) in [6.07, 6.45) is 0.985. The van der Waals surface area contributed by atoms with Gasteiger partial charge in [-0.2, -0.15) is 18.2 Å². The molecule has 0 aliphatic carbocycles. The smallest absolute Gasteiger partial charge is 0.371 e. The van der Waals surface area contributed by atoms with Crippen molar-refractivity contribution in [3.63, 3.8) is 0 Å². The van der Waals surface area contributed by atoms with Crippen LogP contribution in [-0.2, 0) is 45.4 Å². The van der Waals surface area contributed by atoms with E-state index in [1.54, 1.807) is 17.0 Å². The van der Waals surface area contributed by atoms with E-state index < -0.39 is 39.5 Å². The highest BCUT2D eigenvalue weighted by Gasteiger charge is 2.39. The number of benzene rings is 2. The minimum absolute atomic E-state index is 0.0454. The summed E-state index contributed by atoms with van der Waals surface area (Å²) in [4.78, 5) is 58.3. The number of amides is 3. The second-order valence-electron chi connectivity index (χ2n) is 16.1. The first kappa shape index (κ1) is 42.8. The molecular formula is C42H48F3N11O5S. The fourth-order valence-corrected chi connectivity index (χ4v) is 9.10. The highest BCUT2D eigenvalue weighted by molar-refractivity contribution is 7.92. The summed E-state index contributed by atoms with van der Waals surface area (Å²) in [5.41, 5.74) is 3.60. The van der Waals surface area contributed by atoms with Crippen LogP contribution in [0, 0.1) is 0 Å². The number of piperazine rings is 1. The van der Waals surface area contributed by atoms with E-state index in [0.29, 0.717) is 42.0 Å². The van der Waals surface area contributed by atoms with Gasteiger partial charge >= 0.3 is 6.18 Å². The number of carbonyl (C=O) groups excluding carboxylic acids is 3. The highest BCUT2D eigenvalue weighted by atomic mass is 32.2. The SMILES string of the molecule is CN(c1ncccc1CNc1nc(Nc2ccc(N3CCC(N4CCN(Cc5ccc6c(c5)CN(C5CCC(=O)NC5=O)C6=O)CC4)CC3)cc2)ncc1C(F)(F)F)S(C)(=O)=O. The van der Waals surface area contributed by atoms with Crippen molar-refractivity contribution in [2.45, 2.75) is 63.6 Å². The molecule has 3 fully saturated rings. The number of hydrogen-bond donors (Lipinski definition) is 3. The molecule has 0 bridgehead atoms. The Hall–Kier alpha value is -5.86. The lowest BCUT2D eigenvalue weighted by Crippen LogP contribution is -2.53. The number of anilines is 5. The van der Waals surface area contributed by atoms with Gasteiger partial charge in [0.1, 0.15) is 23.2 Å². The Morgan fingerprint density at radius 2 is 1.68 bits per heavy atom. The molecule has 6 heterocycles. The number of nitrogens with one attached hydrogen (secondary N) is 3. The van der Waals surface area contributed by atoms with E-state index in [9.17, 15) is 36.0 Å². The lowest BCUT2D eigenvalue weighted by Gasteiger charge is -2.43. The van der Waals surface area contributed by atoms with Gasteiger partial charge in [0, 0.05) is 113 Å². The zero-order valence-electron chi connectivity index (χ0n) is 34.4. The summed E-state index contributed by atoms with van der Waals surface area (Å²) in [6, 6.07) is 16.5. The van der Waals surface area contributed by atoms with Gasteiger partial charge in [0.25, 0.3) is 5.91 Å². The first-order chi connectivity index (χ1) is 29.6. The lowest BCUT2D eigenvalue weighted by atomic mass is 10.0. The van der Waals surface area contributed by atoms with Crippen LogP contribution >= 0.6 is 0 Å². The van der Waals surface area contributed by atoms with Crippen molar-refractivity contribution in [1.82, 2.24) is 35.0 Å². The highest BCUT2D eigenvalue weighted by Crippen LogP contribution is 2.35.